The lowest BCUT2D eigenvalue weighted by Gasteiger charge is -2.40. The highest BCUT2D eigenvalue weighted by molar-refractivity contribution is 5.89. The first-order chi connectivity index (χ1) is 14.0. The van der Waals surface area contributed by atoms with Gasteiger partial charge < -0.3 is 9.47 Å². The molecule has 0 N–H and O–H groups in total. The number of methoxy groups -OCH3 is 2. The van der Waals surface area contributed by atoms with E-state index in [0.29, 0.717) is 17.2 Å². The predicted octanol–water partition coefficient (Wildman–Crippen LogP) is 2.97. The van der Waals surface area contributed by atoms with Gasteiger partial charge in [-0.15, -0.1) is 0 Å². The van der Waals surface area contributed by atoms with Crippen molar-refractivity contribution in [2.24, 2.45) is 0 Å². The van der Waals surface area contributed by atoms with Crippen molar-refractivity contribution < 1.29 is 19.1 Å². The zero-order valence-corrected chi connectivity index (χ0v) is 17.3. The standard InChI is InChI=1S/C23H28N2O4/c1-17-14-24(15-18-4-8-20(9-5-18)22(26)28-2)12-13-25(17)16-19-6-10-21(11-7-19)23(27)29-3/h4-11,17H,12-16H2,1-3H3. The second-order valence-corrected chi connectivity index (χ2v) is 7.43. The molecule has 6 nitrogen and oxygen atoms in total. The van der Waals surface area contributed by atoms with E-state index in [2.05, 4.69) is 16.7 Å². The van der Waals surface area contributed by atoms with Crippen LogP contribution < -0.4 is 0 Å². The van der Waals surface area contributed by atoms with Crippen LogP contribution in [0.4, 0.5) is 0 Å². The molecule has 0 aromatic heterocycles. The summed E-state index contributed by atoms with van der Waals surface area (Å²) in [5, 5.41) is 0. The van der Waals surface area contributed by atoms with Crippen LogP contribution in [0, 0.1) is 0 Å². The van der Waals surface area contributed by atoms with E-state index in [-0.39, 0.29) is 11.9 Å². The largest absolute Gasteiger partial charge is 0.465 e. The molecule has 1 saturated heterocycles. The fourth-order valence-corrected chi connectivity index (χ4v) is 3.67. The topological polar surface area (TPSA) is 59.1 Å². The summed E-state index contributed by atoms with van der Waals surface area (Å²) in [4.78, 5) is 28.0. The Morgan fingerprint density at radius 1 is 0.828 bits per heavy atom. The highest BCUT2D eigenvalue weighted by Crippen LogP contribution is 2.17. The summed E-state index contributed by atoms with van der Waals surface area (Å²) < 4.78 is 9.50. The van der Waals surface area contributed by atoms with Gasteiger partial charge in [0.2, 0.25) is 0 Å². The monoisotopic (exact) mass is 396 g/mol. The Hall–Kier alpha value is -2.70. The number of ether oxygens (including phenoxy) is 2. The molecule has 0 amide bonds. The van der Waals surface area contributed by atoms with E-state index in [9.17, 15) is 9.59 Å². The highest BCUT2D eigenvalue weighted by Gasteiger charge is 2.23. The maximum atomic E-state index is 11.6. The van der Waals surface area contributed by atoms with Gasteiger partial charge in [-0.2, -0.15) is 0 Å². The van der Waals surface area contributed by atoms with Gasteiger partial charge in [0.15, 0.2) is 0 Å². The number of hydrogen-bond acceptors (Lipinski definition) is 6. The molecule has 0 saturated carbocycles. The summed E-state index contributed by atoms with van der Waals surface area (Å²) >= 11 is 0. The maximum absolute atomic E-state index is 11.6. The van der Waals surface area contributed by atoms with E-state index in [1.807, 2.05) is 48.5 Å². The van der Waals surface area contributed by atoms with Crippen LogP contribution in [0.25, 0.3) is 0 Å². The minimum absolute atomic E-state index is 0.307. The summed E-state index contributed by atoms with van der Waals surface area (Å²) in [5.74, 6) is -0.614. The number of hydrogen-bond donors (Lipinski definition) is 0. The summed E-state index contributed by atoms with van der Waals surface area (Å²) in [6.45, 7) is 6.94. The maximum Gasteiger partial charge on any atom is 0.337 e. The van der Waals surface area contributed by atoms with E-state index in [1.165, 1.54) is 25.3 Å². The van der Waals surface area contributed by atoms with Crippen LogP contribution in [-0.2, 0) is 22.6 Å². The molecule has 0 radical (unpaired) electrons. The molecule has 1 atom stereocenters. The van der Waals surface area contributed by atoms with Gasteiger partial charge in [0, 0.05) is 38.8 Å². The van der Waals surface area contributed by atoms with Crippen LogP contribution in [-0.4, -0.2) is 61.6 Å². The molecule has 1 unspecified atom stereocenters. The molecule has 0 aliphatic carbocycles. The van der Waals surface area contributed by atoms with E-state index in [0.717, 1.165) is 32.7 Å². The van der Waals surface area contributed by atoms with Crippen LogP contribution in [0.3, 0.4) is 0 Å². The number of nitrogens with zero attached hydrogens (tertiary/aromatic N) is 2. The highest BCUT2D eigenvalue weighted by atomic mass is 16.5. The van der Waals surface area contributed by atoms with Crippen LogP contribution in [0.5, 0.6) is 0 Å². The Morgan fingerprint density at radius 2 is 1.31 bits per heavy atom. The predicted molar refractivity (Wildman–Crippen MR) is 111 cm³/mol. The van der Waals surface area contributed by atoms with Gasteiger partial charge >= 0.3 is 11.9 Å². The van der Waals surface area contributed by atoms with Gasteiger partial charge in [-0.1, -0.05) is 24.3 Å². The van der Waals surface area contributed by atoms with E-state index < -0.39 is 0 Å². The van der Waals surface area contributed by atoms with E-state index in [4.69, 9.17) is 9.47 Å². The van der Waals surface area contributed by atoms with Crippen LogP contribution >= 0.6 is 0 Å². The van der Waals surface area contributed by atoms with Gasteiger partial charge in [0.1, 0.15) is 0 Å². The minimum Gasteiger partial charge on any atom is -0.465 e. The molecule has 154 valence electrons. The third kappa shape index (κ3) is 5.43. The van der Waals surface area contributed by atoms with Crippen molar-refractivity contribution in [2.45, 2.75) is 26.1 Å². The second-order valence-electron chi connectivity index (χ2n) is 7.43. The molecule has 3 rings (SSSR count). The summed E-state index contributed by atoms with van der Waals surface area (Å²) in [6, 6.07) is 15.7. The Bertz CT molecular complexity index is 833. The molecule has 1 fully saturated rings. The van der Waals surface area contributed by atoms with Gasteiger partial charge in [-0.05, 0) is 42.3 Å². The normalized spacial score (nSPS) is 17.7. The zero-order valence-electron chi connectivity index (χ0n) is 17.3. The lowest BCUT2D eigenvalue weighted by Crippen LogP contribution is -2.50. The number of piperazine rings is 1. The zero-order chi connectivity index (χ0) is 20.8. The van der Waals surface area contributed by atoms with E-state index in [1.54, 1.807) is 0 Å². The van der Waals surface area contributed by atoms with E-state index >= 15 is 0 Å². The molecule has 1 aliphatic rings. The van der Waals surface area contributed by atoms with Gasteiger partial charge in [-0.25, -0.2) is 9.59 Å². The number of carbonyl (C=O) groups excluding carboxylic acids is 2. The average molecular weight is 396 g/mol. The third-order valence-corrected chi connectivity index (χ3v) is 5.39. The fraction of sp³-hybridized carbons (Fsp3) is 0.391. The fourth-order valence-electron chi connectivity index (χ4n) is 3.67. The van der Waals surface area contributed by atoms with Gasteiger partial charge in [0.25, 0.3) is 0 Å². The third-order valence-electron chi connectivity index (χ3n) is 5.39. The summed E-state index contributed by atoms with van der Waals surface area (Å²) in [5.41, 5.74) is 3.54. The molecule has 0 spiro atoms. The molecule has 2 aromatic carbocycles. The Morgan fingerprint density at radius 3 is 1.76 bits per heavy atom. The van der Waals surface area contributed by atoms with Crippen molar-refractivity contribution in [3.05, 3.63) is 70.8 Å². The Balaban J connectivity index is 1.52. The molecule has 29 heavy (non-hydrogen) atoms. The number of carbonyl (C=O) groups is 2. The van der Waals surface area contributed by atoms with Crippen LogP contribution in [0.2, 0.25) is 0 Å². The Labute approximate surface area is 172 Å². The van der Waals surface area contributed by atoms with Crippen molar-refractivity contribution in [3.63, 3.8) is 0 Å². The number of rotatable bonds is 6. The first-order valence-electron chi connectivity index (χ1n) is 9.81. The molecular weight excluding hydrogens is 368 g/mol. The SMILES string of the molecule is COC(=O)c1ccc(CN2CCN(Cc3ccc(C(=O)OC)cc3)C(C)C2)cc1. The molecule has 1 heterocycles. The van der Waals surface area contributed by atoms with Crippen LogP contribution in [0.15, 0.2) is 48.5 Å². The quantitative estimate of drug-likeness (QED) is 0.700. The molecule has 6 heteroatoms. The Kier molecular flexibility index (Phi) is 7.01. The number of benzene rings is 2. The first kappa shape index (κ1) is 21.0. The lowest BCUT2D eigenvalue weighted by atomic mass is 10.1. The van der Waals surface area contributed by atoms with Gasteiger partial charge in [0.05, 0.1) is 25.3 Å². The molecule has 1 aliphatic heterocycles. The van der Waals surface area contributed by atoms with Crippen molar-refractivity contribution in [1.29, 1.82) is 0 Å². The first-order valence-corrected chi connectivity index (χ1v) is 9.81. The average Bonchev–Trinajstić information content (AvgIpc) is 2.75. The summed E-state index contributed by atoms with van der Waals surface area (Å²) in [7, 11) is 2.79. The smallest absolute Gasteiger partial charge is 0.337 e. The number of esters is 2. The molecule has 0 bridgehead atoms. The van der Waals surface area contributed by atoms with Crippen LogP contribution in [0.1, 0.15) is 38.8 Å². The summed E-state index contributed by atoms with van der Waals surface area (Å²) in [6.07, 6.45) is 0. The molecular formula is C23H28N2O4. The minimum atomic E-state index is -0.307. The lowest BCUT2D eigenvalue weighted by molar-refractivity contribution is 0.0591. The van der Waals surface area contributed by atoms with Crippen molar-refractivity contribution >= 4 is 11.9 Å². The van der Waals surface area contributed by atoms with Crippen molar-refractivity contribution in [3.8, 4) is 0 Å². The second kappa shape index (κ2) is 9.67. The van der Waals surface area contributed by atoms with Crippen molar-refractivity contribution in [2.75, 3.05) is 33.9 Å². The van der Waals surface area contributed by atoms with Crippen molar-refractivity contribution in [1.82, 2.24) is 9.80 Å². The molecule has 2 aromatic rings. The van der Waals surface area contributed by atoms with Gasteiger partial charge in [-0.3, -0.25) is 9.80 Å².